The number of benzene rings is 2. The van der Waals surface area contributed by atoms with Gasteiger partial charge in [0.05, 0.1) is 0 Å². The molecule has 2 heteroatoms. The minimum Gasteiger partial charge on any atom is -0.313 e. The van der Waals surface area contributed by atoms with Gasteiger partial charge in [-0.2, -0.15) is 0 Å². The molecule has 1 unspecified atom stereocenters. The lowest BCUT2D eigenvalue weighted by molar-refractivity contribution is 0.591. The molecule has 1 nitrogen and oxygen atoms in total. The van der Waals surface area contributed by atoms with E-state index in [1.165, 1.54) is 23.1 Å². The minimum absolute atomic E-state index is 0.361. The first-order valence-electron chi connectivity index (χ1n) is 7.23. The van der Waals surface area contributed by atoms with Gasteiger partial charge in [-0.1, -0.05) is 65.7 Å². The lowest BCUT2D eigenvalue weighted by atomic mass is 9.97. The van der Waals surface area contributed by atoms with E-state index in [9.17, 15) is 0 Å². The molecule has 1 N–H and O–H groups in total. The van der Waals surface area contributed by atoms with Crippen LogP contribution in [0.2, 0.25) is 0 Å². The van der Waals surface area contributed by atoms with Crippen LogP contribution in [0.1, 0.15) is 36.1 Å². The highest BCUT2D eigenvalue weighted by molar-refractivity contribution is 9.10. The fraction of sp³-hybridized carbons (Fsp3) is 0.333. The van der Waals surface area contributed by atoms with Crippen molar-refractivity contribution in [2.75, 3.05) is 7.05 Å². The highest BCUT2D eigenvalue weighted by Crippen LogP contribution is 2.21. The number of hydrogen-bond donors (Lipinski definition) is 1. The second-order valence-electron chi connectivity index (χ2n) is 5.17. The van der Waals surface area contributed by atoms with E-state index in [1.807, 2.05) is 7.05 Å². The van der Waals surface area contributed by atoms with Gasteiger partial charge in [0.2, 0.25) is 0 Å². The predicted molar refractivity (Wildman–Crippen MR) is 90.1 cm³/mol. The molecule has 0 radical (unpaired) electrons. The topological polar surface area (TPSA) is 12.0 Å². The SMILES string of the molecule is CCCc1ccc(C(Cc2cccc(Br)c2)NC)cc1. The first-order valence-corrected chi connectivity index (χ1v) is 8.02. The smallest absolute Gasteiger partial charge is 0.0358 e. The second-order valence-corrected chi connectivity index (χ2v) is 6.08. The van der Waals surface area contributed by atoms with Gasteiger partial charge in [-0.25, -0.2) is 0 Å². The number of likely N-dealkylation sites (N-methyl/N-ethyl adjacent to an activating group) is 1. The third-order valence-electron chi connectivity index (χ3n) is 3.60. The predicted octanol–water partition coefficient (Wildman–Crippen LogP) is 4.90. The van der Waals surface area contributed by atoms with E-state index in [0.29, 0.717) is 6.04 Å². The van der Waals surface area contributed by atoms with E-state index >= 15 is 0 Å². The normalized spacial score (nSPS) is 12.3. The average molecular weight is 332 g/mol. The van der Waals surface area contributed by atoms with Gasteiger partial charge in [0, 0.05) is 10.5 Å². The molecule has 0 amide bonds. The Labute approximate surface area is 130 Å². The number of halogens is 1. The van der Waals surface area contributed by atoms with Crippen LogP contribution in [0.4, 0.5) is 0 Å². The molecule has 0 aliphatic carbocycles. The van der Waals surface area contributed by atoms with Gasteiger partial charge >= 0.3 is 0 Å². The number of hydrogen-bond acceptors (Lipinski definition) is 1. The van der Waals surface area contributed by atoms with Crippen molar-refractivity contribution in [1.82, 2.24) is 5.32 Å². The van der Waals surface area contributed by atoms with Crippen molar-refractivity contribution in [2.45, 2.75) is 32.2 Å². The summed E-state index contributed by atoms with van der Waals surface area (Å²) in [6.45, 7) is 2.22. The summed E-state index contributed by atoms with van der Waals surface area (Å²) in [5.74, 6) is 0. The van der Waals surface area contributed by atoms with E-state index in [2.05, 4.69) is 76.7 Å². The molecule has 2 rings (SSSR count). The van der Waals surface area contributed by atoms with Crippen LogP contribution in [0, 0.1) is 0 Å². The van der Waals surface area contributed by atoms with Gasteiger partial charge in [0.25, 0.3) is 0 Å². The van der Waals surface area contributed by atoms with E-state index in [-0.39, 0.29) is 0 Å². The molecular formula is C18H22BrN. The standard InChI is InChI=1S/C18H22BrN/c1-3-5-14-8-10-16(11-9-14)18(20-2)13-15-6-4-7-17(19)12-15/h4,6-12,18,20H,3,5,13H2,1-2H3. The molecule has 0 aromatic heterocycles. The Morgan fingerprint density at radius 2 is 1.80 bits per heavy atom. The lowest BCUT2D eigenvalue weighted by Crippen LogP contribution is -2.18. The van der Waals surface area contributed by atoms with Crippen LogP contribution in [-0.2, 0) is 12.8 Å². The molecule has 20 heavy (non-hydrogen) atoms. The summed E-state index contributed by atoms with van der Waals surface area (Å²) in [6, 6.07) is 17.9. The maximum absolute atomic E-state index is 3.54. The molecule has 106 valence electrons. The van der Waals surface area contributed by atoms with Crippen molar-refractivity contribution < 1.29 is 0 Å². The Bertz CT molecular complexity index is 533. The van der Waals surface area contributed by atoms with Gasteiger partial charge in [-0.3, -0.25) is 0 Å². The molecule has 0 aliphatic heterocycles. The summed E-state index contributed by atoms with van der Waals surface area (Å²) < 4.78 is 1.14. The molecule has 0 heterocycles. The van der Waals surface area contributed by atoms with Crippen molar-refractivity contribution in [3.05, 3.63) is 69.7 Å². The van der Waals surface area contributed by atoms with Crippen LogP contribution in [0.5, 0.6) is 0 Å². The summed E-state index contributed by atoms with van der Waals surface area (Å²) in [7, 11) is 2.03. The molecule has 2 aromatic rings. The zero-order valence-electron chi connectivity index (χ0n) is 12.2. The van der Waals surface area contributed by atoms with Gasteiger partial charge in [0.1, 0.15) is 0 Å². The molecule has 0 aliphatic rings. The van der Waals surface area contributed by atoms with Crippen LogP contribution in [0.15, 0.2) is 53.0 Å². The summed E-state index contributed by atoms with van der Waals surface area (Å²) in [5, 5.41) is 3.42. The van der Waals surface area contributed by atoms with Gasteiger partial charge in [-0.05, 0) is 48.7 Å². The highest BCUT2D eigenvalue weighted by Gasteiger charge is 2.10. The summed E-state index contributed by atoms with van der Waals surface area (Å²) in [4.78, 5) is 0. The van der Waals surface area contributed by atoms with Crippen molar-refractivity contribution in [1.29, 1.82) is 0 Å². The third-order valence-corrected chi connectivity index (χ3v) is 4.09. The third kappa shape index (κ3) is 4.19. The van der Waals surface area contributed by atoms with Crippen molar-refractivity contribution in [3.8, 4) is 0 Å². The van der Waals surface area contributed by atoms with E-state index in [1.54, 1.807) is 0 Å². The molecule has 0 saturated heterocycles. The van der Waals surface area contributed by atoms with Crippen LogP contribution < -0.4 is 5.32 Å². The van der Waals surface area contributed by atoms with Crippen LogP contribution in [-0.4, -0.2) is 7.05 Å². The largest absolute Gasteiger partial charge is 0.313 e. The Balaban J connectivity index is 2.11. The number of nitrogens with one attached hydrogen (secondary N) is 1. The maximum Gasteiger partial charge on any atom is 0.0358 e. The van der Waals surface area contributed by atoms with Crippen molar-refractivity contribution in [2.24, 2.45) is 0 Å². The number of rotatable bonds is 6. The van der Waals surface area contributed by atoms with Crippen molar-refractivity contribution in [3.63, 3.8) is 0 Å². The second kappa shape index (κ2) is 7.61. The average Bonchev–Trinajstić information content (AvgIpc) is 2.46. The molecule has 0 bridgehead atoms. The Hall–Kier alpha value is -1.12. The molecule has 2 aromatic carbocycles. The molecule has 0 fully saturated rings. The molecule has 0 saturated carbocycles. The van der Waals surface area contributed by atoms with Crippen molar-refractivity contribution >= 4 is 15.9 Å². The summed E-state index contributed by atoms with van der Waals surface area (Å²) in [5.41, 5.74) is 4.12. The fourth-order valence-corrected chi connectivity index (χ4v) is 2.94. The van der Waals surface area contributed by atoms with E-state index in [0.717, 1.165) is 17.3 Å². The van der Waals surface area contributed by atoms with Crippen LogP contribution >= 0.6 is 15.9 Å². The maximum atomic E-state index is 3.54. The lowest BCUT2D eigenvalue weighted by Gasteiger charge is -2.17. The number of aryl methyl sites for hydroxylation is 1. The van der Waals surface area contributed by atoms with Gasteiger partial charge in [-0.15, -0.1) is 0 Å². The Kier molecular flexibility index (Phi) is 5.81. The first-order chi connectivity index (χ1) is 9.72. The van der Waals surface area contributed by atoms with Crippen LogP contribution in [0.3, 0.4) is 0 Å². The minimum atomic E-state index is 0.361. The zero-order chi connectivity index (χ0) is 14.4. The Morgan fingerprint density at radius 3 is 2.40 bits per heavy atom. The summed E-state index contributed by atoms with van der Waals surface area (Å²) >= 11 is 3.54. The summed E-state index contributed by atoms with van der Waals surface area (Å²) in [6.07, 6.45) is 3.37. The van der Waals surface area contributed by atoms with Crippen LogP contribution in [0.25, 0.3) is 0 Å². The molecule has 1 atom stereocenters. The highest BCUT2D eigenvalue weighted by atomic mass is 79.9. The van der Waals surface area contributed by atoms with Gasteiger partial charge in [0.15, 0.2) is 0 Å². The first kappa shape index (κ1) is 15.3. The quantitative estimate of drug-likeness (QED) is 0.793. The Morgan fingerprint density at radius 1 is 1.05 bits per heavy atom. The fourth-order valence-electron chi connectivity index (χ4n) is 2.49. The van der Waals surface area contributed by atoms with E-state index in [4.69, 9.17) is 0 Å². The molecular weight excluding hydrogens is 310 g/mol. The van der Waals surface area contributed by atoms with Gasteiger partial charge < -0.3 is 5.32 Å². The van der Waals surface area contributed by atoms with E-state index < -0.39 is 0 Å². The molecule has 0 spiro atoms. The monoisotopic (exact) mass is 331 g/mol. The zero-order valence-corrected chi connectivity index (χ0v) is 13.8.